The Kier molecular flexibility index (Phi) is 5.71. The van der Waals surface area contributed by atoms with E-state index in [1.165, 1.54) is 18.4 Å². The second-order valence-electron chi connectivity index (χ2n) is 5.23. The molecule has 0 fully saturated rings. The molecule has 0 spiro atoms. The van der Waals surface area contributed by atoms with E-state index < -0.39 is 5.97 Å². The zero-order chi connectivity index (χ0) is 18.5. The van der Waals surface area contributed by atoms with Gasteiger partial charge in [0, 0.05) is 9.50 Å². The fraction of sp³-hybridized carbons (Fsp3) is 0. The molecule has 0 amide bonds. The number of hydrogen-bond donors (Lipinski definition) is 0. The monoisotopic (exact) mass is 430 g/mol. The lowest BCUT2D eigenvalue weighted by Gasteiger charge is -2.08. The van der Waals surface area contributed by atoms with Gasteiger partial charge >= 0.3 is 5.97 Å². The van der Waals surface area contributed by atoms with Crippen molar-refractivity contribution in [1.82, 2.24) is 0 Å². The molecule has 3 aromatic rings. The average molecular weight is 432 g/mol. The summed E-state index contributed by atoms with van der Waals surface area (Å²) in [6.45, 7) is 0. The summed E-state index contributed by atoms with van der Waals surface area (Å²) < 4.78 is 11.0. The molecule has 6 heteroatoms. The largest absolute Gasteiger partial charge is 0.457 e. The van der Waals surface area contributed by atoms with Crippen LogP contribution in [0.15, 0.2) is 75.8 Å². The van der Waals surface area contributed by atoms with Gasteiger partial charge in [0.05, 0.1) is 11.8 Å². The molecular formula is C20H12BrClO4. The number of halogens is 2. The Bertz CT molecular complexity index is 977. The maximum absolute atomic E-state index is 12.6. The van der Waals surface area contributed by atoms with Crippen LogP contribution in [0.2, 0.25) is 5.02 Å². The molecule has 0 saturated carbocycles. The quantitative estimate of drug-likeness (QED) is 0.221. The second-order valence-corrected chi connectivity index (χ2v) is 6.55. The molecule has 0 bridgehead atoms. The second kappa shape index (κ2) is 8.17. The number of carbonyl (C=O) groups is 2. The molecule has 0 aliphatic rings. The van der Waals surface area contributed by atoms with Gasteiger partial charge in [0.25, 0.3) is 0 Å². The molecule has 0 atom stereocenters. The molecule has 4 nitrogen and oxygen atoms in total. The number of benzene rings is 2. The van der Waals surface area contributed by atoms with Crippen LogP contribution in [0.4, 0.5) is 0 Å². The van der Waals surface area contributed by atoms with Gasteiger partial charge in [-0.3, -0.25) is 4.79 Å². The lowest BCUT2D eigenvalue weighted by Crippen LogP contribution is -2.10. The van der Waals surface area contributed by atoms with Crippen LogP contribution in [0.1, 0.15) is 26.5 Å². The highest BCUT2D eigenvalue weighted by Gasteiger charge is 2.17. The minimum absolute atomic E-state index is 0.0536. The summed E-state index contributed by atoms with van der Waals surface area (Å²) in [5.41, 5.74) is 0.953. The average Bonchev–Trinajstić information content (AvgIpc) is 3.17. The van der Waals surface area contributed by atoms with Crippen molar-refractivity contribution in [2.45, 2.75) is 0 Å². The minimum Gasteiger partial charge on any atom is -0.457 e. The van der Waals surface area contributed by atoms with Crippen LogP contribution in [0.25, 0.3) is 6.08 Å². The van der Waals surface area contributed by atoms with Gasteiger partial charge in [0.2, 0.25) is 5.76 Å². The van der Waals surface area contributed by atoms with E-state index in [1.54, 1.807) is 42.5 Å². The van der Waals surface area contributed by atoms with Gasteiger partial charge in [-0.1, -0.05) is 45.7 Å². The van der Waals surface area contributed by atoms with Crippen molar-refractivity contribution in [2.24, 2.45) is 0 Å². The van der Waals surface area contributed by atoms with Gasteiger partial charge in [-0.2, -0.15) is 0 Å². The third kappa shape index (κ3) is 4.31. The Hall–Kier alpha value is -2.63. The van der Waals surface area contributed by atoms with Crippen molar-refractivity contribution in [2.75, 3.05) is 0 Å². The van der Waals surface area contributed by atoms with E-state index in [0.717, 1.165) is 0 Å². The van der Waals surface area contributed by atoms with Gasteiger partial charge < -0.3 is 9.15 Å². The van der Waals surface area contributed by atoms with Crippen LogP contribution in [0, 0.1) is 0 Å². The molecule has 0 aliphatic heterocycles. The summed E-state index contributed by atoms with van der Waals surface area (Å²) in [4.78, 5) is 24.7. The van der Waals surface area contributed by atoms with E-state index in [9.17, 15) is 9.59 Å². The van der Waals surface area contributed by atoms with Crippen molar-refractivity contribution in [3.05, 3.63) is 93.3 Å². The van der Waals surface area contributed by atoms with E-state index in [-0.39, 0.29) is 22.9 Å². The number of esters is 1. The minimum atomic E-state index is -0.679. The SMILES string of the molecule is O=C(Oc1ccc(Br)cc1C(=O)/C=C/c1ccccc1Cl)c1ccco1. The summed E-state index contributed by atoms with van der Waals surface area (Å²) in [7, 11) is 0. The lowest BCUT2D eigenvalue weighted by atomic mass is 10.1. The van der Waals surface area contributed by atoms with Gasteiger partial charge in [0.1, 0.15) is 5.75 Å². The summed E-state index contributed by atoms with van der Waals surface area (Å²) in [6, 6.07) is 15.0. The maximum atomic E-state index is 12.6. The smallest absolute Gasteiger partial charge is 0.379 e. The van der Waals surface area contributed by atoms with Crippen LogP contribution in [0.3, 0.4) is 0 Å². The Balaban J connectivity index is 1.86. The highest BCUT2D eigenvalue weighted by molar-refractivity contribution is 9.10. The van der Waals surface area contributed by atoms with Crippen LogP contribution in [-0.4, -0.2) is 11.8 Å². The van der Waals surface area contributed by atoms with Crippen molar-refractivity contribution >= 4 is 45.4 Å². The number of furan rings is 1. The van der Waals surface area contributed by atoms with E-state index in [2.05, 4.69) is 15.9 Å². The molecule has 1 heterocycles. The predicted octanol–water partition coefficient (Wildman–Crippen LogP) is 5.81. The van der Waals surface area contributed by atoms with Crippen LogP contribution >= 0.6 is 27.5 Å². The Morgan fingerprint density at radius 3 is 2.62 bits per heavy atom. The molecule has 130 valence electrons. The number of allylic oxidation sites excluding steroid dienone is 1. The van der Waals surface area contributed by atoms with E-state index in [0.29, 0.717) is 15.1 Å². The maximum Gasteiger partial charge on any atom is 0.379 e. The molecule has 0 saturated heterocycles. The number of hydrogen-bond acceptors (Lipinski definition) is 4. The Morgan fingerprint density at radius 2 is 1.88 bits per heavy atom. The molecule has 0 radical (unpaired) electrons. The number of ketones is 1. The van der Waals surface area contributed by atoms with Crippen molar-refractivity contribution in [3.8, 4) is 5.75 Å². The summed E-state index contributed by atoms with van der Waals surface area (Å²) in [6.07, 6.45) is 4.37. The Labute approximate surface area is 163 Å². The zero-order valence-corrected chi connectivity index (χ0v) is 15.7. The lowest BCUT2D eigenvalue weighted by molar-refractivity contribution is 0.0699. The zero-order valence-electron chi connectivity index (χ0n) is 13.3. The summed E-state index contributed by atoms with van der Waals surface area (Å²) >= 11 is 9.41. The first-order valence-corrected chi connectivity index (χ1v) is 8.74. The van der Waals surface area contributed by atoms with Crippen molar-refractivity contribution < 1.29 is 18.7 Å². The molecule has 3 rings (SSSR count). The van der Waals surface area contributed by atoms with Crippen LogP contribution < -0.4 is 4.74 Å². The fourth-order valence-corrected chi connectivity index (χ4v) is 2.75. The number of carbonyl (C=O) groups excluding carboxylic acids is 2. The van der Waals surface area contributed by atoms with E-state index >= 15 is 0 Å². The van der Waals surface area contributed by atoms with Gasteiger partial charge in [-0.15, -0.1) is 0 Å². The molecule has 0 N–H and O–H groups in total. The molecule has 26 heavy (non-hydrogen) atoms. The first-order chi connectivity index (χ1) is 12.5. The number of ether oxygens (including phenoxy) is 1. The van der Waals surface area contributed by atoms with Crippen LogP contribution in [-0.2, 0) is 0 Å². The summed E-state index contributed by atoms with van der Waals surface area (Å²) in [5, 5.41) is 0.537. The molecule has 2 aromatic carbocycles. The molecule has 1 aromatic heterocycles. The topological polar surface area (TPSA) is 56.5 Å². The van der Waals surface area contributed by atoms with Crippen molar-refractivity contribution in [1.29, 1.82) is 0 Å². The van der Waals surface area contributed by atoms with E-state index in [4.69, 9.17) is 20.8 Å². The summed E-state index contributed by atoms with van der Waals surface area (Å²) in [5.74, 6) is -0.809. The number of rotatable bonds is 5. The van der Waals surface area contributed by atoms with E-state index in [1.807, 2.05) is 12.1 Å². The third-order valence-electron chi connectivity index (χ3n) is 3.45. The predicted molar refractivity (Wildman–Crippen MR) is 103 cm³/mol. The van der Waals surface area contributed by atoms with Crippen molar-refractivity contribution in [3.63, 3.8) is 0 Å². The third-order valence-corrected chi connectivity index (χ3v) is 4.29. The first-order valence-electron chi connectivity index (χ1n) is 7.57. The highest BCUT2D eigenvalue weighted by atomic mass is 79.9. The van der Waals surface area contributed by atoms with Gasteiger partial charge in [0.15, 0.2) is 5.78 Å². The van der Waals surface area contributed by atoms with Crippen LogP contribution in [0.5, 0.6) is 5.75 Å². The highest BCUT2D eigenvalue weighted by Crippen LogP contribution is 2.26. The molecule has 0 aliphatic carbocycles. The Morgan fingerprint density at radius 1 is 1.08 bits per heavy atom. The molecular weight excluding hydrogens is 420 g/mol. The van der Waals surface area contributed by atoms with Gasteiger partial charge in [-0.05, 0) is 54.1 Å². The normalized spacial score (nSPS) is 10.8. The fourth-order valence-electron chi connectivity index (χ4n) is 2.19. The first kappa shape index (κ1) is 18.2. The molecule has 0 unspecified atom stereocenters. The van der Waals surface area contributed by atoms with Gasteiger partial charge in [-0.25, -0.2) is 4.79 Å². The standard InChI is InChI=1S/C20H12BrClO4/c21-14-8-10-18(26-20(24)19-6-3-11-25-19)15(12-14)17(23)9-7-13-4-1-2-5-16(13)22/h1-12H/b9-7+.